The fraction of sp³-hybridized carbons (Fsp3) is 0.909. The van der Waals surface area contributed by atoms with Crippen LogP contribution in [0.15, 0.2) is 0 Å². The van der Waals surface area contributed by atoms with E-state index in [9.17, 15) is 9.90 Å². The minimum absolute atomic E-state index is 0.0661. The first kappa shape index (κ1) is 11.5. The molecule has 1 saturated heterocycles. The van der Waals surface area contributed by atoms with Crippen molar-refractivity contribution in [3.63, 3.8) is 0 Å². The first-order valence-electron chi connectivity index (χ1n) is 5.26. The van der Waals surface area contributed by atoms with E-state index >= 15 is 0 Å². The Hall–Kier alpha value is -0.570. The second kappa shape index (κ2) is 3.89. The summed E-state index contributed by atoms with van der Waals surface area (Å²) < 4.78 is 0. The lowest BCUT2D eigenvalue weighted by atomic mass is 9.74. The lowest BCUT2D eigenvalue weighted by Crippen LogP contribution is -2.49. The van der Waals surface area contributed by atoms with Gasteiger partial charge in [-0.3, -0.25) is 4.79 Å². The number of hydrogen-bond acceptors (Lipinski definition) is 2. The highest BCUT2D eigenvalue weighted by molar-refractivity contribution is 5.73. The minimum Gasteiger partial charge on any atom is -0.391 e. The number of rotatable bonds is 0. The Balaban J connectivity index is 2.61. The normalized spacial score (nSPS) is 29.1. The molecular formula is C11H21NO2. The standard InChI is InChI=1S/C11H21NO2/c1-8(13)12-6-5-9(10(14)7-12)11(2,3)4/h9-10,14H,5-7H2,1-4H3/t9-,10-/m0/s1. The number of aliphatic hydroxyl groups excluding tert-OH is 1. The van der Waals surface area contributed by atoms with Crippen molar-refractivity contribution in [2.75, 3.05) is 13.1 Å². The highest BCUT2D eigenvalue weighted by atomic mass is 16.3. The van der Waals surface area contributed by atoms with Crippen LogP contribution in [0.1, 0.15) is 34.1 Å². The summed E-state index contributed by atoms with van der Waals surface area (Å²) >= 11 is 0. The average molecular weight is 199 g/mol. The molecule has 0 bridgehead atoms. The van der Waals surface area contributed by atoms with Crippen molar-refractivity contribution < 1.29 is 9.90 Å². The maximum Gasteiger partial charge on any atom is 0.219 e. The fourth-order valence-electron chi connectivity index (χ4n) is 2.23. The fourth-order valence-corrected chi connectivity index (χ4v) is 2.23. The van der Waals surface area contributed by atoms with Gasteiger partial charge in [0, 0.05) is 20.0 Å². The lowest BCUT2D eigenvalue weighted by molar-refractivity contribution is -0.135. The minimum atomic E-state index is -0.368. The third-order valence-corrected chi connectivity index (χ3v) is 3.14. The van der Waals surface area contributed by atoms with Crippen molar-refractivity contribution in [3.8, 4) is 0 Å². The second-order valence-corrected chi connectivity index (χ2v) is 5.29. The number of likely N-dealkylation sites (tertiary alicyclic amines) is 1. The van der Waals surface area contributed by atoms with Gasteiger partial charge >= 0.3 is 0 Å². The van der Waals surface area contributed by atoms with Crippen LogP contribution in [0.2, 0.25) is 0 Å². The molecular weight excluding hydrogens is 178 g/mol. The van der Waals surface area contributed by atoms with Crippen LogP contribution in [0.3, 0.4) is 0 Å². The molecule has 0 radical (unpaired) electrons. The summed E-state index contributed by atoms with van der Waals surface area (Å²) in [4.78, 5) is 12.8. The number of aliphatic hydroxyl groups is 1. The van der Waals surface area contributed by atoms with Crippen LogP contribution in [0.4, 0.5) is 0 Å². The van der Waals surface area contributed by atoms with E-state index < -0.39 is 0 Å². The van der Waals surface area contributed by atoms with Crippen LogP contribution in [-0.4, -0.2) is 35.1 Å². The van der Waals surface area contributed by atoms with E-state index in [1.807, 2.05) is 0 Å². The molecule has 1 aliphatic heterocycles. The molecule has 0 spiro atoms. The Labute approximate surface area is 86.1 Å². The maximum atomic E-state index is 11.1. The summed E-state index contributed by atoms with van der Waals surface area (Å²) in [5.41, 5.74) is 0.127. The van der Waals surface area contributed by atoms with Gasteiger partial charge in [0.1, 0.15) is 0 Å². The Morgan fingerprint density at radius 2 is 2.00 bits per heavy atom. The van der Waals surface area contributed by atoms with E-state index in [1.54, 1.807) is 11.8 Å². The van der Waals surface area contributed by atoms with Crippen molar-refractivity contribution in [2.24, 2.45) is 11.3 Å². The zero-order chi connectivity index (χ0) is 10.9. The molecule has 2 atom stereocenters. The van der Waals surface area contributed by atoms with E-state index in [2.05, 4.69) is 20.8 Å². The molecule has 0 aromatic heterocycles. The zero-order valence-electron chi connectivity index (χ0n) is 9.58. The maximum absolute atomic E-state index is 11.1. The van der Waals surface area contributed by atoms with E-state index in [1.165, 1.54) is 0 Å². The van der Waals surface area contributed by atoms with Gasteiger partial charge in [-0.05, 0) is 17.8 Å². The molecule has 1 rings (SSSR count). The number of piperidine rings is 1. The predicted octanol–water partition coefficient (Wildman–Crippen LogP) is 1.26. The smallest absolute Gasteiger partial charge is 0.219 e. The van der Waals surface area contributed by atoms with Crippen LogP contribution in [-0.2, 0) is 4.79 Å². The van der Waals surface area contributed by atoms with Crippen molar-refractivity contribution in [1.29, 1.82) is 0 Å². The Morgan fingerprint density at radius 1 is 1.43 bits per heavy atom. The first-order valence-corrected chi connectivity index (χ1v) is 5.26. The molecule has 82 valence electrons. The summed E-state index contributed by atoms with van der Waals surface area (Å²) in [5, 5.41) is 9.93. The van der Waals surface area contributed by atoms with Gasteiger partial charge in [0.05, 0.1) is 6.10 Å². The SMILES string of the molecule is CC(=O)N1CC[C@H](C(C)(C)C)[C@@H](O)C1. The molecule has 0 aromatic carbocycles. The molecule has 1 amide bonds. The summed E-state index contributed by atoms with van der Waals surface area (Å²) in [6.07, 6.45) is 0.539. The molecule has 3 heteroatoms. The van der Waals surface area contributed by atoms with Crippen LogP contribution in [0, 0.1) is 11.3 Å². The van der Waals surface area contributed by atoms with E-state index in [-0.39, 0.29) is 17.4 Å². The van der Waals surface area contributed by atoms with Crippen LogP contribution < -0.4 is 0 Å². The molecule has 1 fully saturated rings. The molecule has 14 heavy (non-hydrogen) atoms. The number of amides is 1. The molecule has 1 heterocycles. The summed E-state index contributed by atoms with van der Waals surface area (Å²) in [7, 11) is 0. The molecule has 3 nitrogen and oxygen atoms in total. The Morgan fingerprint density at radius 3 is 2.36 bits per heavy atom. The molecule has 0 unspecified atom stereocenters. The Kier molecular flexibility index (Phi) is 3.20. The second-order valence-electron chi connectivity index (χ2n) is 5.29. The monoisotopic (exact) mass is 199 g/mol. The molecule has 0 saturated carbocycles. The third kappa shape index (κ3) is 2.47. The van der Waals surface area contributed by atoms with E-state index in [4.69, 9.17) is 0 Å². The highest BCUT2D eigenvalue weighted by Gasteiger charge is 2.36. The van der Waals surface area contributed by atoms with E-state index in [0.717, 1.165) is 13.0 Å². The van der Waals surface area contributed by atoms with Gasteiger partial charge in [0.15, 0.2) is 0 Å². The number of nitrogens with zero attached hydrogens (tertiary/aromatic N) is 1. The van der Waals surface area contributed by atoms with Crippen molar-refractivity contribution in [3.05, 3.63) is 0 Å². The molecule has 1 aliphatic rings. The summed E-state index contributed by atoms with van der Waals surface area (Å²) in [6, 6.07) is 0. The van der Waals surface area contributed by atoms with Crippen molar-refractivity contribution in [1.82, 2.24) is 4.90 Å². The highest BCUT2D eigenvalue weighted by Crippen LogP contribution is 2.34. The van der Waals surface area contributed by atoms with Gasteiger partial charge in [-0.15, -0.1) is 0 Å². The average Bonchev–Trinajstić information content (AvgIpc) is 2.01. The molecule has 1 N–H and O–H groups in total. The van der Waals surface area contributed by atoms with Gasteiger partial charge in [-0.25, -0.2) is 0 Å². The van der Waals surface area contributed by atoms with Crippen LogP contribution in [0.25, 0.3) is 0 Å². The Bertz CT molecular complexity index is 220. The number of carbonyl (C=O) groups is 1. The number of β-amino-alcohol motifs (C(OH)–C–C–N with tert-alkyl or cyclic N) is 1. The van der Waals surface area contributed by atoms with Crippen LogP contribution in [0.5, 0.6) is 0 Å². The van der Waals surface area contributed by atoms with Gasteiger partial charge < -0.3 is 10.0 Å². The summed E-state index contributed by atoms with van der Waals surface area (Å²) in [5.74, 6) is 0.370. The van der Waals surface area contributed by atoms with Crippen molar-refractivity contribution >= 4 is 5.91 Å². The topological polar surface area (TPSA) is 40.5 Å². The largest absolute Gasteiger partial charge is 0.391 e. The molecule has 0 aromatic rings. The van der Waals surface area contributed by atoms with Gasteiger partial charge in [0.2, 0.25) is 5.91 Å². The van der Waals surface area contributed by atoms with Gasteiger partial charge in [-0.1, -0.05) is 20.8 Å². The van der Waals surface area contributed by atoms with Gasteiger partial charge in [0.25, 0.3) is 0 Å². The van der Waals surface area contributed by atoms with Gasteiger partial charge in [-0.2, -0.15) is 0 Å². The lowest BCUT2D eigenvalue weighted by Gasteiger charge is -2.42. The quantitative estimate of drug-likeness (QED) is 0.638. The van der Waals surface area contributed by atoms with Crippen molar-refractivity contribution in [2.45, 2.75) is 40.2 Å². The number of hydrogen-bond donors (Lipinski definition) is 1. The first-order chi connectivity index (χ1) is 6.32. The molecule has 0 aliphatic carbocycles. The van der Waals surface area contributed by atoms with E-state index in [0.29, 0.717) is 12.5 Å². The number of carbonyl (C=O) groups excluding carboxylic acids is 1. The third-order valence-electron chi connectivity index (χ3n) is 3.14. The summed E-state index contributed by atoms with van der Waals surface area (Å²) in [6.45, 7) is 9.27. The van der Waals surface area contributed by atoms with Crippen LogP contribution >= 0.6 is 0 Å². The predicted molar refractivity (Wildman–Crippen MR) is 55.8 cm³/mol. The zero-order valence-corrected chi connectivity index (χ0v) is 9.58.